The second kappa shape index (κ2) is 26.6. The Bertz CT molecular complexity index is 1470. The van der Waals surface area contributed by atoms with Crippen LogP contribution in [-0.4, -0.2) is 19.1 Å². The number of carboxylic acid groups (broad SMARTS) is 1. The van der Waals surface area contributed by atoms with Crippen LogP contribution in [0.25, 0.3) is 0 Å². The Hall–Kier alpha value is -2.42. The van der Waals surface area contributed by atoms with Crippen LogP contribution < -0.4 is 44.1 Å². The molecule has 6 nitrogen and oxygen atoms in total. The van der Waals surface area contributed by atoms with E-state index in [2.05, 4.69) is 47.8 Å². The molecule has 0 bridgehead atoms. The molecule has 4 aromatic carbocycles. The third-order valence-corrected chi connectivity index (χ3v) is 6.86. The van der Waals surface area contributed by atoms with E-state index in [4.69, 9.17) is 25.5 Å². The first-order valence-corrected chi connectivity index (χ1v) is 14.7. The summed E-state index contributed by atoms with van der Waals surface area (Å²) in [4.78, 5) is 19.7. The quantitative estimate of drug-likeness (QED) is 0.0876. The summed E-state index contributed by atoms with van der Waals surface area (Å²) in [6.45, 7) is 2.49. The van der Waals surface area contributed by atoms with Gasteiger partial charge in [-0.2, -0.15) is 0 Å². The van der Waals surface area contributed by atoms with Crippen LogP contribution in [-0.2, 0) is 26.3 Å². The topological polar surface area (TPSA) is 84.9 Å². The van der Waals surface area contributed by atoms with Gasteiger partial charge in [0.05, 0.1) is 8.52 Å². The van der Waals surface area contributed by atoms with Gasteiger partial charge in [-0.05, 0) is 97.4 Å². The van der Waals surface area contributed by atoms with Crippen LogP contribution >= 0.6 is 47.8 Å². The van der Waals surface area contributed by atoms with Gasteiger partial charge in [0.2, 0.25) is 0 Å². The average molecular weight is 852 g/mol. The number of benzene rings is 4. The van der Waals surface area contributed by atoms with Crippen molar-refractivity contribution in [2.45, 2.75) is 33.2 Å². The molecule has 0 saturated carbocycles. The van der Waals surface area contributed by atoms with Gasteiger partial charge in [0.25, 0.3) is 0 Å². The van der Waals surface area contributed by atoms with Crippen LogP contribution in [0.5, 0.6) is 23.0 Å². The minimum Gasteiger partial charge on any atom is -0.550 e. The Morgan fingerprint density at radius 2 is 1.09 bits per heavy atom. The molecular formula is C32H32Br3F4NaO6. The van der Waals surface area contributed by atoms with Crippen molar-refractivity contribution >= 4 is 59.7 Å². The van der Waals surface area contributed by atoms with Crippen molar-refractivity contribution in [2.24, 2.45) is 0 Å². The van der Waals surface area contributed by atoms with E-state index in [1.54, 1.807) is 42.5 Å². The Labute approximate surface area is 315 Å². The minimum absolute atomic E-state index is 0. The summed E-state index contributed by atoms with van der Waals surface area (Å²) < 4.78 is 59.1. The molecule has 0 fully saturated rings. The Morgan fingerprint density at radius 3 is 1.43 bits per heavy atom. The standard InChI is InChI=1S/C15H12BrFO3.C13H9Br2FO.C2H4O2.CH3F.CH4.FH.Na/c1-10(18)19-9-11-8-14(6-7-15(11)16)20-13-4-2-12(17)3-5-13;14-8-9-7-12(5-6-13(9)15)17-11-3-1-10(16)2-4-11;1-2(3)4;1-2;;;/h2-8H,9H2,1H3;1-7H,8H2;1H3,(H,3,4);1H3;1H4;1H;/q;;;;;;+1/p-1/i;;;1D;;;. The van der Waals surface area contributed by atoms with Crippen LogP contribution in [0.15, 0.2) is 93.9 Å². The van der Waals surface area contributed by atoms with Gasteiger partial charge in [-0.25, -0.2) is 8.78 Å². The summed E-state index contributed by atoms with van der Waals surface area (Å²) in [7, 11) is -1.00. The van der Waals surface area contributed by atoms with Gasteiger partial charge in [0.15, 0.2) is 0 Å². The van der Waals surface area contributed by atoms with E-state index in [9.17, 15) is 18.0 Å². The molecule has 0 aliphatic heterocycles. The molecule has 0 unspecified atom stereocenters. The van der Waals surface area contributed by atoms with Crippen molar-refractivity contribution in [3.63, 3.8) is 0 Å². The Kier molecular flexibility index (Phi) is 26.5. The van der Waals surface area contributed by atoms with E-state index in [1.807, 2.05) is 18.2 Å². The first kappa shape index (κ1) is 45.7. The molecule has 0 amide bonds. The first-order valence-electron chi connectivity index (χ1n) is 12.7. The van der Waals surface area contributed by atoms with Crippen LogP contribution in [0, 0.1) is 11.6 Å². The maximum atomic E-state index is 12.8. The largest absolute Gasteiger partial charge is 1.00 e. The van der Waals surface area contributed by atoms with E-state index in [0.717, 1.165) is 38.1 Å². The summed E-state index contributed by atoms with van der Waals surface area (Å²) in [6, 6.07) is 22.7. The molecular weight excluding hydrogens is 819 g/mol. The number of halogens is 7. The molecule has 4 rings (SSSR count). The SMILES string of the molecule is C.CC(=O)OCc1cc(Oc2ccc(F)cc2)ccc1Br.CC(=O)[O-].F.Fc1ccc(Oc2ccc(Br)c(CBr)c2)cc1.[2H]CF.[Na+]. The normalized spacial score (nSPS) is 9.17. The maximum Gasteiger partial charge on any atom is 1.00 e. The number of esters is 1. The number of hydrogen-bond donors (Lipinski definition) is 0. The number of carbonyl (C=O) groups excluding carboxylic acids is 2. The van der Waals surface area contributed by atoms with Crippen molar-refractivity contribution < 1.29 is 77.7 Å². The van der Waals surface area contributed by atoms with E-state index in [-0.39, 0.29) is 65.9 Å². The van der Waals surface area contributed by atoms with E-state index in [0.29, 0.717) is 17.2 Å². The monoisotopic (exact) mass is 849 g/mol. The van der Waals surface area contributed by atoms with Gasteiger partial charge in [0.1, 0.15) is 41.2 Å². The molecule has 0 aliphatic rings. The molecule has 0 heterocycles. The fraction of sp³-hybridized carbons (Fsp3) is 0.188. The summed E-state index contributed by atoms with van der Waals surface area (Å²) in [6.07, 6.45) is 0. The van der Waals surface area contributed by atoms with Gasteiger partial charge in [0, 0.05) is 32.7 Å². The zero-order valence-corrected chi connectivity index (χ0v) is 31.1. The minimum atomic E-state index is -1.08. The van der Waals surface area contributed by atoms with E-state index < -0.39 is 13.1 Å². The molecule has 0 atom stereocenters. The van der Waals surface area contributed by atoms with Crippen LogP contribution in [0.3, 0.4) is 0 Å². The maximum absolute atomic E-state index is 12.8. The zero-order chi connectivity index (χ0) is 33.1. The predicted molar refractivity (Wildman–Crippen MR) is 176 cm³/mol. The van der Waals surface area contributed by atoms with Crippen molar-refractivity contribution in [3.05, 3.63) is 117 Å². The third-order valence-electron chi connectivity index (χ3n) is 4.71. The van der Waals surface area contributed by atoms with Crippen molar-refractivity contribution in [1.29, 1.82) is 0 Å². The molecule has 246 valence electrons. The number of carbonyl (C=O) groups is 2. The van der Waals surface area contributed by atoms with Crippen LogP contribution in [0.4, 0.5) is 17.9 Å². The van der Waals surface area contributed by atoms with Crippen LogP contribution in [0.1, 0.15) is 33.8 Å². The average Bonchev–Trinajstić information content (AvgIpc) is 2.97. The van der Waals surface area contributed by atoms with Gasteiger partial charge >= 0.3 is 35.5 Å². The molecule has 0 N–H and O–H groups in total. The zero-order valence-electron chi connectivity index (χ0n) is 25.3. The number of carboxylic acids is 1. The fourth-order valence-corrected chi connectivity index (χ4v) is 4.49. The van der Waals surface area contributed by atoms with Gasteiger partial charge in [-0.1, -0.05) is 55.2 Å². The number of rotatable bonds is 7. The molecule has 14 heteroatoms. The van der Waals surface area contributed by atoms with Gasteiger partial charge in [-0.3, -0.25) is 13.9 Å². The Morgan fingerprint density at radius 1 is 0.761 bits per heavy atom. The molecule has 0 aromatic heterocycles. The summed E-state index contributed by atoms with van der Waals surface area (Å²) in [5, 5.41) is 9.63. The summed E-state index contributed by atoms with van der Waals surface area (Å²) in [5.41, 5.74) is 1.89. The third kappa shape index (κ3) is 20.0. The summed E-state index contributed by atoms with van der Waals surface area (Å²) >= 11 is 10.2. The predicted octanol–water partition coefficient (Wildman–Crippen LogP) is 6.85. The molecule has 0 saturated heterocycles. The second-order valence-electron chi connectivity index (χ2n) is 8.02. The van der Waals surface area contributed by atoms with Crippen LogP contribution in [0.2, 0.25) is 0 Å². The van der Waals surface area contributed by atoms with Crippen molar-refractivity contribution in [2.75, 3.05) is 7.15 Å². The van der Waals surface area contributed by atoms with Crippen molar-refractivity contribution in [1.82, 2.24) is 0 Å². The van der Waals surface area contributed by atoms with Crippen molar-refractivity contribution in [3.8, 4) is 23.0 Å². The smallest absolute Gasteiger partial charge is 0.550 e. The second-order valence-corrected chi connectivity index (χ2v) is 10.3. The molecule has 0 radical (unpaired) electrons. The molecule has 4 aromatic rings. The first-order chi connectivity index (χ1) is 20.9. The molecule has 46 heavy (non-hydrogen) atoms. The fourth-order valence-electron chi connectivity index (χ4n) is 2.90. The Balaban J connectivity index is -0.000000657. The van der Waals surface area contributed by atoms with E-state index >= 15 is 0 Å². The van der Waals surface area contributed by atoms with Gasteiger partial charge in [-0.15, -0.1) is 0 Å². The summed E-state index contributed by atoms with van der Waals surface area (Å²) in [5.74, 6) is 0.456. The van der Waals surface area contributed by atoms with E-state index in [1.165, 1.54) is 31.2 Å². The molecule has 0 aliphatic carbocycles. The number of aliphatic carboxylic acids is 1. The number of alkyl halides is 2. The van der Waals surface area contributed by atoms with Gasteiger partial charge < -0.3 is 24.1 Å². The number of hydrogen-bond acceptors (Lipinski definition) is 6. The molecule has 0 spiro atoms. The number of ether oxygens (including phenoxy) is 3.